The lowest BCUT2D eigenvalue weighted by Gasteiger charge is -2.15. The summed E-state index contributed by atoms with van der Waals surface area (Å²) in [4.78, 5) is 13.8. The normalized spacial score (nSPS) is 12.0. The molecule has 0 bridgehead atoms. The minimum Gasteiger partial charge on any atom is -0.325 e. The van der Waals surface area contributed by atoms with Gasteiger partial charge in [-0.15, -0.1) is 21.5 Å². The molecule has 1 N–H and O–H groups in total. The van der Waals surface area contributed by atoms with Crippen molar-refractivity contribution in [2.45, 2.75) is 31.3 Å². The fourth-order valence-corrected chi connectivity index (χ4v) is 4.90. The molecule has 2 aromatic carbocycles. The Morgan fingerprint density at radius 3 is 2.62 bits per heavy atom. The van der Waals surface area contributed by atoms with Crippen molar-refractivity contribution in [3.8, 4) is 16.4 Å². The Bertz CT molecular complexity index is 1190. The lowest BCUT2D eigenvalue weighted by molar-refractivity contribution is -0.113. The Morgan fingerprint density at radius 1 is 1.12 bits per heavy atom. The molecule has 0 aliphatic heterocycles. The fourth-order valence-electron chi connectivity index (χ4n) is 3.33. The SMILES string of the molecule is CCC(C)c1ccccc1NC(=O)CSc1nnc(-c2cccs2)n1-c1ccc(Cl)cc1. The smallest absolute Gasteiger partial charge is 0.234 e. The third-order valence-electron chi connectivity index (χ3n) is 5.17. The average molecular weight is 483 g/mol. The predicted molar refractivity (Wildman–Crippen MR) is 134 cm³/mol. The zero-order valence-electron chi connectivity index (χ0n) is 17.8. The van der Waals surface area contributed by atoms with Gasteiger partial charge in [-0.2, -0.15) is 0 Å². The van der Waals surface area contributed by atoms with Crippen LogP contribution in [0.4, 0.5) is 5.69 Å². The number of thiophene rings is 1. The van der Waals surface area contributed by atoms with Crippen LogP contribution < -0.4 is 5.32 Å². The van der Waals surface area contributed by atoms with Gasteiger partial charge in [-0.1, -0.05) is 61.5 Å². The van der Waals surface area contributed by atoms with Gasteiger partial charge in [-0.3, -0.25) is 9.36 Å². The van der Waals surface area contributed by atoms with Gasteiger partial charge in [0.25, 0.3) is 0 Å². The molecule has 1 unspecified atom stereocenters. The summed E-state index contributed by atoms with van der Waals surface area (Å²) in [6, 6.07) is 19.5. The topological polar surface area (TPSA) is 59.8 Å². The Kier molecular flexibility index (Phi) is 7.29. The number of carbonyl (C=O) groups excluding carboxylic acids is 1. The molecule has 1 atom stereocenters. The molecule has 4 aromatic rings. The maximum Gasteiger partial charge on any atom is 0.234 e. The summed E-state index contributed by atoms with van der Waals surface area (Å²) >= 11 is 9.04. The number of anilines is 1. The number of halogens is 1. The van der Waals surface area contributed by atoms with Crippen LogP contribution in [0.1, 0.15) is 31.7 Å². The van der Waals surface area contributed by atoms with Crippen molar-refractivity contribution in [2.75, 3.05) is 11.1 Å². The molecule has 2 heterocycles. The van der Waals surface area contributed by atoms with Crippen LogP contribution in [0.5, 0.6) is 0 Å². The molecule has 0 saturated heterocycles. The Balaban J connectivity index is 1.55. The number of amides is 1. The molecule has 32 heavy (non-hydrogen) atoms. The van der Waals surface area contributed by atoms with Crippen molar-refractivity contribution in [2.24, 2.45) is 0 Å². The largest absolute Gasteiger partial charge is 0.325 e. The van der Waals surface area contributed by atoms with E-state index < -0.39 is 0 Å². The van der Waals surface area contributed by atoms with E-state index in [0.29, 0.717) is 16.1 Å². The van der Waals surface area contributed by atoms with Crippen molar-refractivity contribution in [1.29, 1.82) is 0 Å². The monoisotopic (exact) mass is 482 g/mol. The van der Waals surface area contributed by atoms with Gasteiger partial charge in [0.2, 0.25) is 5.91 Å². The number of aromatic nitrogens is 3. The van der Waals surface area contributed by atoms with E-state index in [-0.39, 0.29) is 11.7 Å². The highest BCUT2D eigenvalue weighted by Gasteiger charge is 2.18. The highest BCUT2D eigenvalue weighted by molar-refractivity contribution is 7.99. The molecule has 2 aromatic heterocycles. The summed E-state index contributed by atoms with van der Waals surface area (Å²) in [7, 11) is 0. The van der Waals surface area contributed by atoms with E-state index in [0.717, 1.165) is 34.1 Å². The van der Waals surface area contributed by atoms with Gasteiger partial charge in [-0.25, -0.2) is 0 Å². The van der Waals surface area contributed by atoms with Crippen molar-refractivity contribution in [1.82, 2.24) is 14.8 Å². The summed E-state index contributed by atoms with van der Waals surface area (Å²) in [5, 5.41) is 15.2. The predicted octanol–water partition coefficient (Wildman–Crippen LogP) is 6.89. The van der Waals surface area contributed by atoms with Gasteiger partial charge in [0.05, 0.1) is 10.6 Å². The number of para-hydroxylation sites is 1. The van der Waals surface area contributed by atoms with Crippen LogP contribution in [0.25, 0.3) is 16.4 Å². The van der Waals surface area contributed by atoms with E-state index >= 15 is 0 Å². The zero-order valence-corrected chi connectivity index (χ0v) is 20.2. The first kappa shape index (κ1) is 22.6. The molecule has 0 radical (unpaired) electrons. The second kappa shape index (κ2) is 10.3. The fraction of sp³-hybridized carbons (Fsp3) is 0.208. The van der Waals surface area contributed by atoms with Gasteiger partial charge in [-0.05, 0) is 59.7 Å². The van der Waals surface area contributed by atoms with Crippen molar-refractivity contribution in [3.05, 3.63) is 76.6 Å². The van der Waals surface area contributed by atoms with Crippen LogP contribution in [0.2, 0.25) is 5.02 Å². The van der Waals surface area contributed by atoms with Crippen LogP contribution in [0, 0.1) is 0 Å². The molecule has 164 valence electrons. The highest BCUT2D eigenvalue weighted by atomic mass is 35.5. The van der Waals surface area contributed by atoms with Gasteiger partial charge in [0.1, 0.15) is 0 Å². The molecule has 0 aliphatic carbocycles. The van der Waals surface area contributed by atoms with Crippen LogP contribution >= 0.6 is 34.7 Å². The van der Waals surface area contributed by atoms with E-state index in [2.05, 4.69) is 35.4 Å². The van der Waals surface area contributed by atoms with E-state index in [9.17, 15) is 4.79 Å². The summed E-state index contributed by atoms with van der Waals surface area (Å²) in [5.74, 6) is 1.27. The lowest BCUT2D eigenvalue weighted by atomic mass is 9.97. The molecular formula is C24H23ClN4OS2. The first-order valence-corrected chi connectivity index (χ1v) is 12.6. The zero-order chi connectivity index (χ0) is 22.5. The number of nitrogens with zero attached hydrogens (tertiary/aromatic N) is 3. The molecule has 8 heteroatoms. The maximum absolute atomic E-state index is 12.8. The van der Waals surface area contributed by atoms with E-state index in [1.165, 1.54) is 11.8 Å². The highest BCUT2D eigenvalue weighted by Crippen LogP contribution is 2.31. The quantitative estimate of drug-likeness (QED) is 0.278. The molecule has 1 amide bonds. The van der Waals surface area contributed by atoms with Crippen molar-refractivity contribution in [3.63, 3.8) is 0 Å². The second-order valence-corrected chi connectivity index (χ2v) is 9.66. The molecule has 0 aliphatic rings. The minimum atomic E-state index is -0.0749. The van der Waals surface area contributed by atoms with Crippen LogP contribution in [-0.4, -0.2) is 26.4 Å². The van der Waals surface area contributed by atoms with Gasteiger partial charge in [0.15, 0.2) is 11.0 Å². The number of benzene rings is 2. The standard InChI is InChI=1S/C24H23ClN4OS2/c1-3-16(2)19-7-4-5-8-20(19)26-22(30)15-32-24-28-27-23(21-9-6-14-31-21)29(24)18-12-10-17(25)11-13-18/h4-14,16H,3,15H2,1-2H3,(H,26,30). The van der Waals surface area contributed by atoms with Gasteiger partial charge < -0.3 is 5.32 Å². The van der Waals surface area contributed by atoms with E-state index in [4.69, 9.17) is 11.6 Å². The molecule has 4 rings (SSSR count). The number of hydrogen-bond donors (Lipinski definition) is 1. The van der Waals surface area contributed by atoms with Crippen LogP contribution in [0.15, 0.2) is 71.2 Å². The van der Waals surface area contributed by atoms with E-state index in [1.807, 2.05) is 64.5 Å². The summed E-state index contributed by atoms with van der Waals surface area (Å²) < 4.78 is 1.97. The van der Waals surface area contributed by atoms with Crippen LogP contribution in [0.3, 0.4) is 0 Å². The van der Waals surface area contributed by atoms with Crippen LogP contribution in [-0.2, 0) is 4.79 Å². The molecule has 0 saturated carbocycles. The number of thioether (sulfide) groups is 1. The Labute approximate surface area is 200 Å². The molecular weight excluding hydrogens is 460 g/mol. The first-order valence-electron chi connectivity index (χ1n) is 10.3. The van der Waals surface area contributed by atoms with Gasteiger partial charge in [0, 0.05) is 16.4 Å². The summed E-state index contributed by atoms with van der Waals surface area (Å²) in [6.07, 6.45) is 1.01. The summed E-state index contributed by atoms with van der Waals surface area (Å²) in [5.41, 5.74) is 2.91. The van der Waals surface area contributed by atoms with E-state index in [1.54, 1.807) is 11.3 Å². The lowest BCUT2D eigenvalue weighted by Crippen LogP contribution is -2.16. The third kappa shape index (κ3) is 5.06. The first-order chi connectivity index (χ1) is 15.6. The number of hydrogen-bond acceptors (Lipinski definition) is 5. The summed E-state index contributed by atoms with van der Waals surface area (Å²) in [6.45, 7) is 4.31. The molecule has 5 nitrogen and oxygen atoms in total. The number of rotatable bonds is 8. The molecule has 0 spiro atoms. The minimum absolute atomic E-state index is 0.0749. The third-order valence-corrected chi connectivity index (χ3v) is 7.22. The maximum atomic E-state index is 12.8. The number of nitrogens with one attached hydrogen (secondary N) is 1. The number of carbonyl (C=O) groups is 1. The second-order valence-electron chi connectivity index (χ2n) is 7.33. The molecule has 0 fully saturated rings. The van der Waals surface area contributed by atoms with Crippen molar-refractivity contribution >= 4 is 46.3 Å². The van der Waals surface area contributed by atoms with Gasteiger partial charge >= 0.3 is 0 Å². The van der Waals surface area contributed by atoms with Crippen molar-refractivity contribution < 1.29 is 4.79 Å². The Hall–Kier alpha value is -2.61. The average Bonchev–Trinajstić information content (AvgIpc) is 3.48. The Morgan fingerprint density at radius 2 is 1.91 bits per heavy atom.